The summed E-state index contributed by atoms with van der Waals surface area (Å²) in [5.41, 5.74) is 2.89. The predicted octanol–water partition coefficient (Wildman–Crippen LogP) is 3.58. The molecule has 1 saturated heterocycles. The van der Waals surface area contributed by atoms with E-state index in [0.29, 0.717) is 11.5 Å². The van der Waals surface area contributed by atoms with Gasteiger partial charge in [0.05, 0.1) is 12.1 Å². The summed E-state index contributed by atoms with van der Waals surface area (Å²) < 4.78 is 5.59. The lowest BCUT2D eigenvalue weighted by atomic mass is 9.74. The lowest BCUT2D eigenvalue weighted by Gasteiger charge is -2.38. The number of carbonyl (C=O) groups excluding carboxylic acids is 1. The Morgan fingerprint density at radius 1 is 1.30 bits per heavy atom. The van der Waals surface area contributed by atoms with E-state index in [2.05, 4.69) is 26.0 Å². The molecule has 1 aromatic heterocycles. The molecule has 3 heteroatoms. The van der Waals surface area contributed by atoms with Gasteiger partial charge in [-0.05, 0) is 36.1 Å². The molecule has 1 aromatic carbocycles. The van der Waals surface area contributed by atoms with Crippen molar-refractivity contribution in [3.8, 4) is 0 Å². The van der Waals surface area contributed by atoms with Gasteiger partial charge in [0, 0.05) is 29.2 Å². The fourth-order valence-electron chi connectivity index (χ4n) is 3.00. The Balaban J connectivity index is 2.02. The zero-order chi connectivity index (χ0) is 14.2. The summed E-state index contributed by atoms with van der Waals surface area (Å²) in [5.74, 6) is 0.423. The summed E-state index contributed by atoms with van der Waals surface area (Å²) in [7, 11) is 0. The summed E-state index contributed by atoms with van der Waals surface area (Å²) in [5, 5.41) is 1.02. The molecule has 3 rings (SSSR count). The molecule has 0 saturated carbocycles. The van der Waals surface area contributed by atoms with E-state index in [0.717, 1.165) is 42.5 Å². The molecule has 2 aromatic rings. The lowest BCUT2D eigenvalue weighted by Crippen LogP contribution is -2.34. The van der Waals surface area contributed by atoms with Gasteiger partial charge in [-0.15, -0.1) is 0 Å². The van der Waals surface area contributed by atoms with E-state index in [4.69, 9.17) is 9.72 Å². The van der Waals surface area contributed by atoms with Gasteiger partial charge in [-0.25, -0.2) is 0 Å². The van der Waals surface area contributed by atoms with Crippen LogP contribution in [0, 0.1) is 5.41 Å². The monoisotopic (exact) mass is 269 g/mol. The van der Waals surface area contributed by atoms with Crippen molar-refractivity contribution in [2.75, 3.05) is 13.2 Å². The Labute approximate surface area is 119 Å². The molecule has 0 N–H and O–H groups in total. The molecule has 20 heavy (non-hydrogen) atoms. The summed E-state index contributed by atoms with van der Waals surface area (Å²) in [6, 6.07) is 9.79. The Bertz CT molecular complexity index is 648. The van der Waals surface area contributed by atoms with Gasteiger partial charge in [-0.3, -0.25) is 9.78 Å². The van der Waals surface area contributed by atoms with Gasteiger partial charge in [-0.1, -0.05) is 19.9 Å². The molecule has 1 aliphatic rings. The Kier molecular flexibility index (Phi) is 3.30. The van der Waals surface area contributed by atoms with E-state index in [1.165, 1.54) is 0 Å². The maximum Gasteiger partial charge on any atom is 0.150 e. The van der Waals surface area contributed by atoms with Crippen LogP contribution >= 0.6 is 0 Å². The average molecular weight is 269 g/mol. The highest BCUT2D eigenvalue weighted by Crippen LogP contribution is 2.40. The molecule has 0 aliphatic carbocycles. The van der Waals surface area contributed by atoms with Gasteiger partial charge >= 0.3 is 0 Å². The van der Waals surface area contributed by atoms with E-state index in [9.17, 15) is 4.79 Å². The molecule has 1 aliphatic heterocycles. The van der Waals surface area contributed by atoms with Crippen molar-refractivity contribution in [2.24, 2.45) is 5.41 Å². The largest absolute Gasteiger partial charge is 0.381 e. The molecule has 0 radical (unpaired) electrons. The standard InChI is InChI=1S/C17H19NO2/c1-17(2)11-20-8-7-14(17)16-6-4-13-9-12(10-19)3-5-15(13)18-16/h3-6,9-10,14H,7-8,11H2,1-2H3/t14-/m1/s1. The fraction of sp³-hybridized carbons (Fsp3) is 0.412. The minimum absolute atomic E-state index is 0.113. The van der Waals surface area contributed by atoms with E-state index in [1.807, 2.05) is 18.2 Å². The topological polar surface area (TPSA) is 39.2 Å². The van der Waals surface area contributed by atoms with Gasteiger partial charge in [0.15, 0.2) is 0 Å². The number of nitrogens with zero attached hydrogens (tertiary/aromatic N) is 1. The van der Waals surface area contributed by atoms with Crippen molar-refractivity contribution in [1.82, 2.24) is 4.98 Å². The molecule has 0 unspecified atom stereocenters. The maximum absolute atomic E-state index is 10.8. The highest BCUT2D eigenvalue weighted by molar-refractivity contribution is 5.86. The highest BCUT2D eigenvalue weighted by Gasteiger charge is 2.35. The molecule has 1 atom stereocenters. The van der Waals surface area contributed by atoms with Gasteiger partial charge in [0.25, 0.3) is 0 Å². The summed E-state index contributed by atoms with van der Waals surface area (Å²) >= 11 is 0. The highest BCUT2D eigenvalue weighted by atomic mass is 16.5. The smallest absolute Gasteiger partial charge is 0.150 e. The van der Waals surface area contributed by atoms with Gasteiger partial charge in [0.1, 0.15) is 6.29 Å². The first-order valence-electron chi connectivity index (χ1n) is 7.04. The van der Waals surface area contributed by atoms with Crippen LogP contribution in [0.4, 0.5) is 0 Å². The third kappa shape index (κ3) is 2.34. The second kappa shape index (κ2) is 4.98. The number of carbonyl (C=O) groups is 1. The van der Waals surface area contributed by atoms with E-state index < -0.39 is 0 Å². The van der Waals surface area contributed by atoms with Crippen molar-refractivity contribution in [2.45, 2.75) is 26.2 Å². The van der Waals surface area contributed by atoms with Crippen molar-refractivity contribution < 1.29 is 9.53 Å². The quantitative estimate of drug-likeness (QED) is 0.782. The Hall–Kier alpha value is -1.74. The van der Waals surface area contributed by atoms with Crippen molar-refractivity contribution in [3.63, 3.8) is 0 Å². The normalized spacial score (nSPS) is 21.8. The Morgan fingerprint density at radius 3 is 2.90 bits per heavy atom. The number of pyridine rings is 1. The van der Waals surface area contributed by atoms with Gasteiger partial charge < -0.3 is 4.74 Å². The number of hydrogen-bond acceptors (Lipinski definition) is 3. The van der Waals surface area contributed by atoms with Crippen LogP contribution in [0.1, 0.15) is 42.2 Å². The number of fused-ring (bicyclic) bond motifs is 1. The second-order valence-corrected chi connectivity index (χ2v) is 6.19. The molecular weight excluding hydrogens is 250 g/mol. The molecular formula is C17H19NO2. The van der Waals surface area contributed by atoms with Crippen LogP contribution in [-0.2, 0) is 4.74 Å². The van der Waals surface area contributed by atoms with Gasteiger partial charge in [0.2, 0.25) is 0 Å². The van der Waals surface area contributed by atoms with E-state index >= 15 is 0 Å². The predicted molar refractivity (Wildman–Crippen MR) is 79.1 cm³/mol. The number of aldehydes is 1. The third-order valence-corrected chi connectivity index (χ3v) is 4.20. The fourth-order valence-corrected chi connectivity index (χ4v) is 3.00. The van der Waals surface area contributed by atoms with Crippen LogP contribution in [0.2, 0.25) is 0 Å². The minimum atomic E-state index is 0.113. The first-order chi connectivity index (χ1) is 9.60. The van der Waals surface area contributed by atoms with Crippen LogP contribution in [-0.4, -0.2) is 24.5 Å². The van der Waals surface area contributed by atoms with Crippen LogP contribution in [0.3, 0.4) is 0 Å². The van der Waals surface area contributed by atoms with Crippen LogP contribution in [0.15, 0.2) is 30.3 Å². The molecule has 1 fully saturated rings. The number of hydrogen-bond donors (Lipinski definition) is 0. The Morgan fingerprint density at radius 2 is 2.15 bits per heavy atom. The number of benzene rings is 1. The number of rotatable bonds is 2. The third-order valence-electron chi connectivity index (χ3n) is 4.20. The number of aromatic nitrogens is 1. The molecule has 3 nitrogen and oxygen atoms in total. The van der Waals surface area contributed by atoms with Crippen LogP contribution < -0.4 is 0 Å². The van der Waals surface area contributed by atoms with Gasteiger partial charge in [-0.2, -0.15) is 0 Å². The van der Waals surface area contributed by atoms with E-state index in [-0.39, 0.29) is 5.41 Å². The van der Waals surface area contributed by atoms with Crippen LogP contribution in [0.25, 0.3) is 10.9 Å². The molecule has 104 valence electrons. The molecule has 2 heterocycles. The first kappa shape index (κ1) is 13.3. The summed E-state index contributed by atoms with van der Waals surface area (Å²) in [4.78, 5) is 15.6. The van der Waals surface area contributed by atoms with Crippen LogP contribution in [0.5, 0.6) is 0 Å². The summed E-state index contributed by atoms with van der Waals surface area (Å²) in [6.45, 7) is 6.05. The average Bonchev–Trinajstić information content (AvgIpc) is 2.45. The minimum Gasteiger partial charge on any atom is -0.381 e. The van der Waals surface area contributed by atoms with Crippen molar-refractivity contribution in [3.05, 3.63) is 41.6 Å². The van der Waals surface area contributed by atoms with Crippen molar-refractivity contribution >= 4 is 17.2 Å². The second-order valence-electron chi connectivity index (χ2n) is 6.19. The zero-order valence-electron chi connectivity index (χ0n) is 11.9. The lowest BCUT2D eigenvalue weighted by molar-refractivity contribution is -0.00552. The summed E-state index contributed by atoms with van der Waals surface area (Å²) in [6.07, 6.45) is 1.88. The number of ether oxygens (including phenoxy) is 1. The zero-order valence-corrected chi connectivity index (χ0v) is 11.9. The molecule has 0 spiro atoms. The maximum atomic E-state index is 10.8. The van der Waals surface area contributed by atoms with E-state index in [1.54, 1.807) is 0 Å². The molecule has 0 amide bonds. The molecule has 0 bridgehead atoms. The SMILES string of the molecule is CC1(C)COCC[C@@H]1c1ccc2cc(C=O)ccc2n1. The first-order valence-corrected chi connectivity index (χ1v) is 7.04. The van der Waals surface area contributed by atoms with Crippen molar-refractivity contribution in [1.29, 1.82) is 0 Å².